The first kappa shape index (κ1) is 23.0. The molecule has 6 nitrogen and oxygen atoms in total. The highest BCUT2D eigenvalue weighted by molar-refractivity contribution is 14.1. The number of nitrogens with one attached hydrogen (secondary N) is 2. The molecular formula is C18H13BrI2N2O4S. The highest BCUT2D eigenvalue weighted by atomic mass is 127. The normalized spacial score (nSPS) is 10.6. The SMILES string of the molecule is COc1ccc(Br)cc1/C=C/C(=O)NC(=S)Nc1c(I)cc(I)cc1C(=O)O. The van der Waals surface area contributed by atoms with E-state index in [1.807, 2.05) is 57.3 Å². The lowest BCUT2D eigenvalue weighted by Gasteiger charge is -2.13. The summed E-state index contributed by atoms with van der Waals surface area (Å²) in [6, 6.07) is 8.75. The summed E-state index contributed by atoms with van der Waals surface area (Å²) in [5.41, 5.74) is 1.12. The minimum absolute atomic E-state index is 0.00233. The van der Waals surface area contributed by atoms with Gasteiger partial charge in [-0.2, -0.15) is 0 Å². The van der Waals surface area contributed by atoms with Crippen LogP contribution in [0.5, 0.6) is 5.75 Å². The molecule has 2 aromatic carbocycles. The molecule has 0 bridgehead atoms. The molecule has 0 saturated heterocycles. The van der Waals surface area contributed by atoms with Crippen molar-refractivity contribution in [1.29, 1.82) is 0 Å². The third-order valence-electron chi connectivity index (χ3n) is 3.37. The van der Waals surface area contributed by atoms with Crippen LogP contribution in [0.1, 0.15) is 15.9 Å². The van der Waals surface area contributed by atoms with Gasteiger partial charge in [0.05, 0.1) is 18.4 Å². The smallest absolute Gasteiger partial charge is 0.337 e. The predicted molar refractivity (Wildman–Crippen MR) is 133 cm³/mol. The third kappa shape index (κ3) is 6.39. The van der Waals surface area contributed by atoms with E-state index in [0.717, 1.165) is 8.04 Å². The van der Waals surface area contributed by atoms with E-state index in [9.17, 15) is 14.7 Å². The summed E-state index contributed by atoms with van der Waals surface area (Å²) in [6.07, 6.45) is 2.91. The Hall–Kier alpha value is -1.25. The summed E-state index contributed by atoms with van der Waals surface area (Å²) in [6.45, 7) is 0. The second kappa shape index (κ2) is 10.5. The van der Waals surface area contributed by atoms with Crippen LogP contribution in [-0.2, 0) is 4.79 Å². The van der Waals surface area contributed by atoms with Crippen molar-refractivity contribution in [1.82, 2.24) is 5.32 Å². The zero-order chi connectivity index (χ0) is 20.8. The lowest BCUT2D eigenvalue weighted by Crippen LogP contribution is -2.33. The van der Waals surface area contributed by atoms with E-state index in [4.69, 9.17) is 17.0 Å². The van der Waals surface area contributed by atoms with E-state index in [2.05, 4.69) is 26.6 Å². The molecule has 0 saturated carbocycles. The summed E-state index contributed by atoms with van der Waals surface area (Å²) in [4.78, 5) is 23.6. The van der Waals surface area contributed by atoms with Crippen LogP contribution in [0.25, 0.3) is 6.08 Å². The predicted octanol–water partition coefficient (Wildman–Crippen LogP) is 4.89. The van der Waals surface area contributed by atoms with Crippen molar-refractivity contribution in [3.05, 3.63) is 59.1 Å². The lowest BCUT2D eigenvalue weighted by atomic mass is 10.2. The molecule has 0 aliphatic rings. The fraction of sp³-hybridized carbons (Fsp3) is 0.0556. The molecule has 0 heterocycles. The number of ether oxygens (including phenoxy) is 1. The van der Waals surface area contributed by atoms with E-state index >= 15 is 0 Å². The van der Waals surface area contributed by atoms with Gasteiger partial charge in [-0.1, -0.05) is 15.9 Å². The molecule has 3 N–H and O–H groups in total. The van der Waals surface area contributed by atoms with Gasteiger partial charge >= 0.3 is 5.97 Å². The Morgan fingerprint density at radius 2 is 1.96 bits per heavy atom. The largest absolute Gasteiger partial charge is 0.496 e. The fourth-order valence-electron chi connectivity index (χ4n) is 2.17. The second-order valence-corrected chi connectivity index (χ2v) is 9.01. The quantitative estimate of drug-likeness (QED) is 0.236. The first-order valence-electron chi connectivity index (χ1n) is 7.57. The summed E-state index contributed by atoms with van der Waals surface area (Å²) in [7, 11) is 1.54. The average Bonchev–Trinajstić information content (AvgIpc) is 2.61. The van der Waals surface area contributed by atoms with Crippen LogP contribution in [0, 0.1) is 7.14 Å². The van der Waals surface area contributed by atoms with Crippen molar-refractivity contribution in [3.63, 3.8) is 0 Å². The number of benzene rings is 2. The van der Waals surface area contributed by atoms with Crippen molar-refractivity contribution < 1.29 is 19.4 Å². The number of thiocarbonyl (C=S) groups is 1. The van der Waals surface area contributed by atoms with Gasteiger partial charge in [-0.15, -0.1) is 0 Å². The first-order valence-corrected chi connectivity index (χ1v) is 10.9. The minimum atomic E-state index is -1.09. The molecule has 2 aromatic rings. The first-order chi connectivity index (χ1) is 13.2. The topological polar surface area (TPSA) is 87.7 Å². The van der Waals surface area contributed by atoms with Gasteiger partial charge in [0.15, 0.2) is 5.11 Å². The molecule has 0 aliphatic heterocycles. The number of halogens is 3. The molecule has 0 aromatic heterocycles. The summed E-state index contributed by atoms with van der Waals surface area (Å²) >= 11 is 12.6. The van der Waals surface area contributed by atoms with Gasteiger partial charge in [0.1, 0.15) is 5.75 Å². The number of methoxy groups -OCH3 is 1. The third-order valence-corrected chi connectivity index (χ3v) is 5.54. The van der Waals surface area contributed by atoms with Crippen LogP contribution >= 0.6 is 73.3 Å². The van der Waals surface area contributed by atoms with Crippen molar-refractivity contribution in [2.75, 3.05) is 12.4 Å². The van der Waals surface area contributed by atoms with Crippen LogP contribution in [0.4, 0.5) is 5.69 Å². The van der Waals surface area contributed by atoms with Crippen molar-refractivity contribution >= 4 is 102 Å². The second-order valence-electron chi connectivity index (χ2n) is 5.28. The zero-order valence-corrected chi connectivity index (χ0v) is 21.0. The van der Waals surface area contributed by atoms with Crippen LogP contribution in [0.3, 0.4) is 0 Å². The Morgan fingerprint density at radius 1 is 1.25 bits per heavy atom. The lowest BCUT2D eigenvalue weighted by molar-refractivity contribution is -0.115. The fourth-order valence-corrected chi connectivity index (χ4v) is 4.73. The number of carboxylic acids is 1. The Kier molecular flexibility index (Phi) is 8.64. The number of carbonyl (C=O) groups excluding carboxylic acids is 1. The van der Waals surface area contributed by atoms with Crippen molar-refractivity contribution in [3.8, 4) is 5.75 Å². The molecule has 28 heavy (non-hydrogen) atoms. The molecule has 0 spiro atoms. The highest BCUT2D eigenvalue weighted by Crippen LogP contribution is 2.26. The zero-order valence-electron chi connectivity index (χ0n) is 14.3. The maximum absolute atomic E-state index is 12.2. The number of aromatic carboxylic acids is 1. The Labute approximate surface area is 202 Å². The molecular weight excluding hydrogens is 674 g/mol. The average molecular weight is 687 g/mol. The summed E-state index contributed by atoms with van der Waals surface area (Å²) < 4.78 is 7.56. The van der Waals surface area contributed by atoms with Crippen LogP contribution in [0.2, 0.25) is 0 Å². The van der Waals surface area contributed by atoms with Gasteiger partial charge in [0, 0.05) is 23.3 Å². The standard InChI is InChI=1S/C18H13BrI2N2O4S/c1-27-14-4-3-10(19)6-9(14)2-5-15(24)22-18(28)23-16-12(17(25)26)7-11(20)8-13(16)21/h2-8H,1H3,(H,25,26)(H2,22,23,24,28)/b5-2+. The van der Waals surface area contributed by atoms with E-state index in [0.29, 0.717) is 20.6 Å². The molecule has 2 rings (SSSR count). The molecule has 0 radical (unpaired) electrons. The van der Waals surface area contributed by atoms with Crippen molar-refractivity contribution in [2.45, 2.75) is 0 Å². The molecule has 0 atom stereocenters. The Bertz CT molecular complexity index is 982. The van der Waals surface area contributed by atoms with E-state index in [1.54, 1.807) is 25.3 Å². The molecule has 0 fully saturated rings. The monoisotopic (exact) mass is 686 g/mol. The Morgan fingerprint density at radius 3 is 2.61 bits per heavy atom. The van der Waals surface area contributed by atoms with Gasteiger partial charge in [0.25, 0.3) is 0 Å². The highest BCUT2D eigenvalue weighted by Gasteiger charge is 2.16. The Balaban J connectivity index is 2.11. The van der Waals surface area contributed by atoms with Crippen molar-refractivity contribution in [2.24, 2.45) is 0 Å². The van der Waals surface area contributed by atoms with Crippen LogP contribution in [-0.4, -0.2) is 29.2 Å². The number of hydrogen-bond donors (Lipinski definition) is 3. The van der Waals surface area contributed by atoms with E-state index < -0.39 is 11.9 Å². The maximum Gasteiger partial charge on any atom is 0.337 e. The van der Waals surface area contributed by atoms with Crippen LogP contribution in [0.15, 0.2) is 40.9 Å². The summed E-state index contributed by atoms with van der Waals surface area (Å²) in [5, 5.41) is 14.7. The molecule has 0 unspecified atom stereocenters. The molecule has 10 heteroatoms. The van der Waals surface area contributed by atoms with E-state index in [-0.39, 0.29) is 10.7 Å². The number of carboxylic acid groups (broad SMARTS) is 1. The molecule has 1 amide bonds. The van der Waals surface area contributed by atoms with Crippen LogP contribution < -0.4 is 15.4 Å². The van der Waals surface area contributed by atoms with Gasteiger partial charge < -0.3 is 15.2 Å². The number of amides is 1. The summed E-state index contributed by atoms with van der Waals surface area (Å²) in [5.74, 6) is -0.931. The molecule has 146 valence electrons. The van der Waals surface area contributed by atoms with Gasteiger partial charge in [0.2, 0.25) is 5.91 Å². The molecule has 0 aliphatic carbocycles. The van der Waals surface area contributed by atoms with Gasteiger partial charge in [-0.3, -0.25) is 10.1 Å². The number of anilines is 1. The van der Waals surface area contributed by atoms with Gasteiger partial charge in [-0.05, 0) is 93.8 Å². The number of carbonyl (C=O) groups is 2. The van der Waals surface area contributed by atoms with E-state index in [1.165, 1.54) is 12.1 Å². The number of rotatable bonds is 5. The minimum Gasteiger partial charge on any atom is -0.496 e. The maximum atomic E-state index is 12.2. The number of hydrogen-bond acceptors (Lipinski definition) is 4. The van der Waals surface area contributed by atoms with Gasteiger partial charge in [-0.25, -0.2) is 4.79 Å².